The molecule has 0 saturated carbocycles. The average Bonchev–Trinajstić information content (AvgIpc) is 2.77. The third-order valence-corrected chi connectivity index (χ3v) is 2.95. The number of aromatic nitrogens is 3. The second-order valence-corrected chi connectivity index (χ2v) is 4.40. The van der Waals surface area contributed by atoms with Crippen LogP contribution in [0.4, 0.5) is 0 Å². The summed E-state index contributed by atoms with van der Waals surface area (Å²) in [4.78, 5) is 4.33. The van der Waals surface area contributed by atoms with Gasteiger partial charge in [-0.1, -0.05) is 28.1 Å². The van der Waals surface area contributed by atoms with Gasteiger partial charge in [-0.3, -0.25) is 0 Å². The van der Waals surface area contributed by atoms with Crippen LogP contribution in [0.3, 0.4) is 0 Å². The van der Waals surface area contributed by atoms with Gasteiger partial charge in [-0.05, 0) is 17.7 Å². The van der Waals surface area contributed by atoms with E-state index in [0.29, 0.717) is 0 Å². The van der Waals surface area contributed by atoms with E-state index in [0.717, 1.165) is 21.2 Å². The topological polar surface area (TPSA) is 30.2 Å². The molecule has 78 valence electrons. The molecule has 4 heteroatoms. The van der Waals surface area contributed by atoms with E-state index in [2.05, 4.69) is 38.1 Å². The molecule has 0 spiro atoms. The molecular weight excluding hydrogens is 266 g/mol. The van der Waals surface area contributed by atoms with E-state index in [1.165, 1.54) is 0 Å². The first kappa shape index (κ1) is 9.54. The summed E-state index contributed by atoms with van der Waals surface area (Å²) in [5.74, 6) is 0. The Labute approximate surface area is 101 Å². The van der Waals surface area contributed by atoms with Crippen molar-refractivity contribution < 1.29 is 0 Å². The van der Waals surface area contributed by atoms with Gasteiger partial charge >= 0.3 is 0 Å². The van der Waals surface area contributed by atoms with Crippen LogP contribution in [0.15, 0.2) is 53.4 Å². The second-order valence-electron chi connectivity index (χ2n) is 3.48. The van der Waals surface area contributed by atoms with Crippen molar-refractivity contribution in [3.63, 3.8) is 0 Å². The summed E-state index contributed by atoms with van der Waals surface area (Å²) in [6.07, 6.45) is 5.58. The van der Waals surface area contributed by atoms with Gasteiger partial charge in [-0.2, -0.15) is 5.10 Å². The van der Waals surface area contributed by atoms with Crippen molar-refractivity contribution in [2.45, 2.75) is 0 Å². The van der Waals surface area contributed by atoms with Crippen LogP contribution in [0.2, 0.25) is 0 Å². The molecule has 0 unspecified atom stereocenters. The molecule has 3 aromatic rings. The van der Waals surface area contributed by atoms with E-state index in [9.17, 15) is 0 Å². The Morgan fingerprint density at radius 1 is 1.00 bits per heavy atom. The van der Waals surface area contributed by atoms with Crippen LogP contribution < -0.4 is 0 Å². The first-order chi connectivity index (χ1) is 7.83. The van der Waals surface area contributed by atoms with Gasteiger partial charge in [-0.15, -0.1) is 0 Å². The highest BCUT2D eigenvalue weighted by Crippen LogP contribution is 2.20. The lowest BCUT2D eigenvalue weighted by Crippen LogP contribution is -1.90. The van der Waals surface area contributed by atoms with Gasteiger partial charge in [0.05, 0.1) is 6.20 Å². The zero-order valence-electron chi connectivity index (χ0n) is 8.34. The molecule has 0 atom stereocenters. The predicted molar refractivity (Wildman–Crippen MR) is 66.1 cm³/mol. The fraction of sp³-hybridized carbons (Fsp3) is 0. The van der Waals surface area contributed by atoms with Gasteiger partial charge < -0.3 is 0 Å². The van der Waals surface area contributed by atoms with Crippen LogP contribution in [0, 0.1) is 0 Å². The Kier molecular flexibility index (Phi) is 2.22. The van der Waals surface area contributed by atoms with Crippen LogP contribution in [0.25, 0.3) is 16.8 Å². The molecule has 0 aliphatic heterocycles. The third-order valence-electron chi connectivity index (χ3n) is 2.42. The molecule has 0 amide bonds. The molecule has 16 heavy (non-hydrogen) atoms. The minimum atomic E-state index is 0.862. The zero-order valence-corrected chi connectivity index (χ0v) is 9.92. The Bertz CT molecular complexity index is 628. The maximum Gasteiger partial charge on any atom is 0.154 e. The van der Waals surface area contributed by atoms with Crippen molar-refractivity contribution in [2.75, 3.05) is 0 Å². The third kappa shape index (κ3) is 1.61. The van der Waals surface area contributed by atoms with Gasteiger partial charge in [0.25, 0.3) is 0 Å². The minimum Gasteiger partial charge on any atom is -0.236 e. The monoisotopic (exact) mass is 273 g/mol. The molecule has 2 aromatic heterocycles. The van der Waals surface area contributed by atoms with Crippen molar-refractivity contribution in [2.24, 2.45) is 0 Å². The molecule has 0 aliphatic carbocycles. The Balaban J connectivity index is 2.14. The lowest BCUT2D eigenvalue weighted by atomic mass is 10.1. The summed E-state index contributed by atoms with van der Waals surface area (Å²) >= 11 is 3.42. The van der Waals surface area contributed by atoms with Crippen LogP contribution >= 0.6 is 15.9 Å². The van der Waals surface area contributed by atoms with Gasteiger partial charge in [0, 0.05) is 28.5 Å². The Morgan fingerprint density at radius 2 is 1.81 bits per heavy atom. The van der Waals surface area contributed by atoms with E-state index in [1.54, 1.807) is 10.7 Å². The lowest BCUT2D eigenvalue weighted by Gasteiger charge is -2.01. The fourth-order valence-electron chi connectivity index (χ4n) is 1.60. The molecule has 0 fully saturated rings. The summed E-state index contributed by atoms with van der Waals surface area (Å²) < 4.78 is 2.85. The highest BCUT2D eigenvalue weighted by atomic mass is 79.9. The van der Waals surface area contributed by atoms with E-state index >= 15 is 0 Å². The molecule has 0 bridgehead atoms. The van der Waals surface area contributed by atoms with Crippen molar-refractivity contribution in [3.8, 4) is 11.1 Å². The smallest absolute Gasteiger partial charge is 0.154 e. The van der Waals surface area contributed by atoms with Crippen LogP contribution in [-0.4, -0.2) is 14.6 Å². The highest BCUT2D eigenvalue weighted by molar-refractivity contribution is 9.10. The molecule has 0 N–H and O–H groups in total. The summed E-state index contributed by atoms with van der Waals surface area (Å²) in [5.41, 5.74) is 3.05. The number of hydrogen-bond donors (Lipinski definition) is 0. The SMILES string of the molecule is Brc1ccc(-c2cnc3ccnn3c2)cc1. The number of benzene rings is 1. The average molecular weight is 274 g/mol. The normalized spacial score (nSPS) is 10.8. The first-order valence-electron chi connectivity index (χ1n) is 4.88. The standard InChI is InChI=1S/C12H8BrN3/c13-11-3-1-9(2-4-11)10-7-14-12-5-6-15-16(12)8-10/h1-8H. The van der Waals surface area contributed by atoms with Crippen molar-refractivity contribution in [1.29, 1.82) is 0 Å². The summed E-state index contributed by atoms with van der Waals surface area (Å²) in [6, 6.07) is 10.0. The number of fused-ring (bicyclic) bond motifs is 1. The Morgan fingerprint density at radius 3 is 2.62 bits per heavy atom. The molecule has 3 rings (SSSR count). The molecule has 0 saturated heterocycles. The molecule has 3 nitrogen and oxygen atoms in total. The molecule has 2 heterocycles. The zero-order chi connectivity index (χ0) is 11.0. The summed E-state index contributed by atoms with van der Waals surface area (Å²) in [6.45, 7) is 0. The van der Waals surface area contributed by atoms with Gasteiger partial charge in [0.15, 0.2) is 5.65 Å². The number of rotatable bonds is 1. The summed E-state index contributed by atoms with van der Waals surface area (Å²) in [5, 5.41) is 4.17. The van der Waals surface area contributed by atoms with Crippen molar-refractivity contribution >= 4 is 21.6 Å². The van der Waals surface area contributed by atoms with Crippen LogP contribution in [-0.2, 0) is 0 Å². The van der Waals surface area contributed by atoms with Crippen molar-refractivity contribution in [3.05, 3.63) is 53.4 Å². The van der Waals surface area contributed by atoms with E-state index in [-0.39, 0.29) is 0 Å². The minimum absolute atomic E-state index is 0.862. The molecule has 1 aromatic carbocycles. The largest absolute Gasteiger partial charge is 0.236 e. The van der Waals surface area contributed by atoms with Gasteiger partial charge in [-0.25, -0.2) is 9.50 Å². The Hall–Kier alpha value is -1.68. The van der Waals surface area contributed by atoms with Crippen molar-refractivity contribution in [1.82, 2.24) is 14.6 Å². The van der Waals surface area contributed by atoms with Crippen LogP contribution in [0.1, 0.15) is 0 Å². The second kappa shape index (κ2) is 3.72. The number of halogens is 1. The lowest BCUT2D eigenvalue weighted by molar-refractivity contribution is 0.941. The first-order valence-corrected chi connectivity index (χ1v) is 5.67. The molecular formula is C12H8BrN3. The maximum absolute atomic E-state index is 4.33. The summed E-state index contributed by atoms with van der Waals surface area (Å²) in [7, 11) is 0. The predicted octanol–water partition coefficient (Wildman–Crippen LogP) is 3.16. The quantitative estimate of drug-likeness (QED) is 0.682. The van der Waals surface area contributed by atoms with E-state index in [4.69, 9.17) is 0 Å². The van der Waals surface area contributed by atoms with E-state index < -0.39 is 0 Å². The fourth-order valence-corrected chi connectivity index (χ4v) is 1.87. The maximum atomic E-state index is 4.33. The number of hydrogen-bond acceptors (Lipinski definition) is 2. The molecule has 0 radical (unpaired) electrons. The highest BCUT2D eigenvalue weighted by Gasteiger charge is 2.00. The van der Waals surface area contributed by atoms with Gasteiger partial charge in [0.2, 0.25) is 0 Å². The van der Waals surface area contributed by atoms with Crippen LogP contribution in [0.5, 0.6) is 0 Å². The van der Waals surface area contributed by atoms with E-state index in [1.807, 2.05) is 30.6 Å². The molecule has 0 aliphatic rings. The number of nitrogens with zero attached hydrogens (tertiary/aromatic N) is 3. The van der Waals surface area contributed by atoms with Gasteiger partial charge in [0.1, 0.15) is 0 Å².